The van der Waals surface area contributed by atoms with Gasteiger partial charge in [0.2, 0.25) is 5.91 Å². The molecule has 3 rings (SSSR count). The number of amides is 2. The summed E-state index contributed by atoms with van der Waals surface area (Å²) in [5, 5.41) is 18.4. The molecule has 0 radical (unpaired) electrons. The van der Waals surface area contributed by atoms with Crippen molar-refractivity contribution in [3.8, 4) is 0 Å². The Balaban J connectivity index is 1.69. The molecular weight excluding hydrogens is 387 g/mol. The van der Waals surface area contributed by atoms with Gasteiger partial charge in [-0.1, -0.05) is 12.1 Å². The van der Waals surface area contributed by atoms with Crippen molar-refractivity contribution >= 4 is 23.2 Å². The van der Waals surface area contributed by atoms with Crippen LogP contribution in [0.1, 0.15) is 35.3 Å². The Kier molecular flexibility index (Phi) is 5.27. The van der Waals surface area contributed by atoms with Crippen molar-refractivity contribution in [2.24, 2.45) is 0 Å². The average Bonchev–Trinajstić information content (AvgIpc) is 2.64. The van der Waals surface area contributed by atoms with E-state index in [1.54, 1.807) is 6.07 Å². The summed E-state index contributed by atoms with van der Waals surface area (Å²) in [6.45, 7) is 3.05. The number of rotatable bonds is 4. The first kappa shape index (κ1) is 20.7. The molecule has 0 saturated carbocycles. The van der Waals surface area contributed by atoms with E-state index in [1.165, 1.54) is 38.1 Å². The molecule has 9 heteroatoms. The number of halogens is 3. The van der Waals surface area contributed by atoms with Crippen LogP contribution in [0.2, 0.25) is 0 Å². The minimum absolute atomic E-state index is 0.0600. The van der Waals surface area contributed by atoms with Crippen LogP contribution in [0.25, 0.3) is 0 Å². The number of benzene rings is 2. The maximum absolute atomic E-state index is 12.6. The summed E-state index contributed by atoms with van der Waals surface area (Å²) in [4.78, 5) is 24.5. The third kappa shape index (κ3) is 4.68. The fraction of sp³-hybridized carbons (Fsp3) is 0.300. The molecule has 29 heavy (non-hydrogen) atoms. The number of carbonyl (C=O) groups excluding carboxylic acids is 2. The normalized spacial score (nSPS) is 16.5. The zero-order chi connectivity index (χ0) is 21.4. The zero-order valence-corrected chi connectivity index (χ0v) is 15.7. The van der Waals surface area contributed by atoms with Crippen molar-refractivity contribution in [2.75, 3.05) is 10.6 Å². The van der Waals surface area contributed by atoms with E-state index in [-0.39, 0.29) is 12.5 Å². The molecule has 1 aliphatic rings. The van der Waals surface area contributed by atoms with Crippen LogP contribution >= 0.6 is 0 Å². The first-order chi connectivity index (χ1) is 13.4. The molecule has 0 aliphatic carbocycles. The summed E-state index contributed by atoms with van der Waals surface area (Å²) in [5.41, 5.74) is -0.279. The van der Waals surface area contributed by atoms with E-state index in [1.807, 2.05) is 0 Å². The maximum Gasteiger partial charge on any atom is 0.416 e. The molecule has 2 amide bonds. The molecule has 4 N–H and O–H groups in total. The molecule has 0 saturated heterocycles. The Labute approximate surface area is 165 Å². The van der Waals surface area contributed by atoms with Gasteiger partial charge in [0.1, 0.15) is 6.04 Å². The number of alkyl halides is 3. The largest absolute Gasteiger partial charge is 0.416 e. The van der Waals surface area contributed by atoms with Gasteiger partial charge in [-0.15, -0.1) is 0 Å². The fourth-order valence-corrected chi connectivity index (χ4v) is 2.93. The van der Waals surface area contributed by atoms with Crippen LogP contribution in [-0.4, -0.2) is 28.6 Å². The number of carbonyl (C=O) groups is 2. The van der Waals surface area contributed by atoms with Gasteiger partial charge >= 0.3 is 6.18 Å². The summed E-state index contributed by atoms with van der Waals surface area (Å²) in [6, 6.07) is 8.27. The van der Waals surface area contributed by atoms with Gasteiger partial charge in [0.15, 0.2) is 0 Å². The highest BCUT2D eigenvalue weighted by molar-refractivity contribution is 6.05. The molecule has 6 nitrogen and oxygen atoms in total. The van der Waals surface area contributed by atoms with Crippen LogP contribution in [0.15, 0.2) is 42.5 Å². The van der Waals surface area contributed by atoms with Crippen LogP contribution in [0, 0.1) is 0 Å². The van der Waals surface area contributed by atoms with E-state index in [2.05, 4.69) is 16.0 Å². The Morgan fingerprint density at radius 3 is 2.34 bits per heavy atom. The number of hydrogen-bond acceptors (Lipinski definition) is 4. The number of anilines is 2. The van der Waals surface area contributed by atoms with Crippen molar-refractivity contribution in [1.82, 2.24) is 5.32 Å². The van der Waals surface area contributed by atoms with Crippen LogP contribution in [0.3, 0.4) is 0 Å². The Morgan fingerprint density at radius 1 is 1.10 bits per heavy atom. The van der Waals surface area contributed by atoms with Gasteiger partial charge in [-0.2, -0.15) is 13.2 Å². The molecule has 1 heterocycles. The van der Waals surface area contributed by atoms with Crippen molar-refractivity contribution in [3.05, 3.63) is 59.2 Å². The SMILES string of the molecule is CC(C)(O)C1Nc2cc(C(=O)NCc3ccc(C(F)(F)F)cc3)ccc2NC1=O. The summed E-state index contributed by atoms with van der Waals surface area (Å²) in [5.74, 6) is -0.810. The van der Waals surface area contributed by atoms with E-state index < -0.39 is 29.3 Å². The van der Waals surface area contributed by atoms with Gasteiger partial charge in [0.25, 0.3) is 5.91 Å². The molecule has 154 valence electrons. The van der Waals surface area contributed by atoms with Gasteiger partial charge in [-0.05, 0) is 49.7 Å². The Morgan fingerprint density at radius 2 is 1.76 bits per heavy atom. The molecule has 2 aromatic rings. The van der Waals surface area contributed by atoms with Gasteiger partial charge in [0.05, 0.1) is 22.5 Å². The Bertz CT molecular complexity index is 935. The van der Waals surface area contributed by atoms with Gasteiger partial charge in [-0.3, -0.25) is 9.59 Å². The monoisotopic (exact) mass is 407 g/mol. The van der Waals surface area contributed by atoms with E-state index >= 15 is 0 Å². The van der Waals surface area contributed by atoms with E-state index in [9.17, 15) is 27.9 Å². The molecule has 0 aromatic heterocycles. The lowest BCUT2D eigenvalue weighted by atomic mass is 9.95. The predicted octanol–water partition coefficient (Wildman–Crippen LogP) is 3.14. The van der Waals surface area contributed by atoms with Crippen molar-refractivity contribution < 1.29 is 27.9 Å². The first-order valence-electron chi connectivity index (χ1n) is 8.83. The van der Waals surface area contributed by atoms with Crippen LogP contribution in [0.5, 0.6) is 0 Å². The van der Waals surface area contributed by atoms with E-state index in [0.717, 1.165) is 12.1 Å². The minimum atomic E-state index is -4.41. The molecule has 0 fully saturated rings. The summed E-state index contributed by atoms with van der Waals surface area (Å²) < 4.78 is 37.8. The third-order valence-corrected chi connectivity index (χ3v) is 4.54. The van der Waals surface area contributed by atoms with Crippen molar-refractivity contribution in [3.63, 3.8) is 0 Å². The first-order valence-corrected chi connectivity index (χ1v) is 8.83. The molecule has 1 aliphatic heterocycles. The topological polar surface area (TPSA) is 90.5 Å². The number of nitrogens with one attached hydrogen (secondary N) is 3. The van der Waals surface area contributed by atoms with E-state index in [4.69, 9.17) is 0 Å². The molecule has 1 atom stereocenters. The standard InChI is InChI=1S/C20H20F3N3O3/c1-19(2,29)16-18(28)26-14-8-5-12(9-15(14)25-16)17(27)24-10-11-3-6-13(7-4-11)20(21,22)23/h3-9,16,25,29H,10H2,1-2H3,(H,24,27)(H,26,28). The van der Waals surface area contributed by atoms with Gasteiger partial charge in [0, 0.05) is 12.1 Å². The van der Waals surface area contributed by atoms with Gasteiger partial charge in [-0.25, -0.2) is 0 Å². The lowest BCUT2D eigenvalue weighted by molar-refractivity contribution is -0.137. The van der Waals surface area contributed by atoms with Crippen LogP contribution in [-0.2, 0) is 17.5 Å². The number of fused-ring (bicyclic) bond motifs is 1. The highest BCUT2D eigenvalue weighted by Gasteiger charge is 2.37. The van der Waals surface area contributed by atoms with E-state index in [0.29, 0.717) is 22.5 Å². The second-order valence-electron chi connectivity index (χ2n) is 7.36. The second-order valence-corrected chi connectivity index (χ2v) is 7.36. The highest BCUT2D eigenvalue weighted by atomic mass is 19.4. The van der Waals surface area contributed by atoms with Crippen molar-refractivity contribution in [1.29, 1.82) is 0 Å². The predicted molar refractivity (Wildman–Crippen MR) is 101 cm³/mol. The molecule has 2 aromatic carbocycles. The minimum Gasteiger partial charge on any atom is -0.388 e. The fourth-order valence-electron chi connectivity index (χ4n) is 2.93. The smallest absolute Gasteiger partial charge is 0.388 e. The molecule has 0 bridgehead atoms. The van der Waals surface area contributed by atoms with Crippen LogP contribution in [0.4, 0.5) is 24.5 Å². The lowest BCUT2D eigenvalue weighted by Gasteiger charge is -2.34. The second kappa shape index (κ2) is 7.40. The van der Waals surface area contributed by atoms with Crippen LogP contribution < -0.4 is 16.0 Å². The molecule has 0 spiro atoms. The maximum atomic E-state index is 12.6. The third-order valence-electron chi connectivity index (χ3n) is 4.54. The quantitative estimate of drug-likeness (QED) is 0.627. The average molecular weight is 407 g/mol. The summed E-state index contributed by atoms with van der Waals surface area (Å²) in [6.07, 6.45) is -4.41. The molecule has 1 unspecified atom stereocenters. The number of aliphatic hydroxyl groups is 1. The lowest BCUT2D eigenvalue weighted by Crippen LogP contribution is -2.52. The highest BCUT2D eigenvalue weighted by Crippen LogP contribution is 2.31. The summed E-state index contributed by atoms with van der Waals surface area (Å²) in [7, 11) is 0. The zero-order valence-electron chi connectivity index (χ0n) is 15.7. The number of hydrogen-bond donors (Lipinski definition) is 4. The van der Waals surface area contributed by atoms with Gasteiger partial charge < -0.3 is 21.1 Å². The summed E-state index contributed by atoms with van der Waals surface area (Å²) >= 11 is 0. The van der Waals surface area contributed by atoms with Crippen molar-refractivity contribution in [2.45, 2.75) is 38.2 Å². The molecular formula is C20H20F3N3O3. The Hall–Kier alpha value is -3.07.